The first kappa shape index (κ1) is 8.45. The average Bonchev–Trinajstić information content (AvgIpc) is 2.46. The number of nitriles is 1. The van der Waals surface area contributed by atoms with Gasteiger partial charge in [0.25, 0.3) is 0 Å². The molecule has 4 nitrogen and oxygen atoms in total. The Bertz CT molecular complexity index is 358. The first-order valence-electron chi connectivity index (χ1n) is 4.09. The lowest BCUT2D eigenvalue weighted by atomic mass is 9.84. The second-order valence-electron chi connectivity index (χ2n) is 3.65. The molecule has 0 amide bonds. The zero-order valence-corrected chi connectivity index (χ0v) is 8.43. The summed E-state index contributed by atoms with van der Waals surface area (Å²) in [7, 11) is 0. The van der Waals surface area contributed by atoms with E-state index in [1.165, 1.54) is 11.5 Å². The maximum Gasteiger partial charge on any atom is 0.205 e. The Balaban J connectivity index is 2.06. The summed E-state index contributed by atoms with van der Waals surface area (Å²) >= 11 is 1.40. The zero-order chi connectivity index (χ0) is 9.47. The molecule has 0 N–H and O–H groups in total. The number of rotatable bonds is 1. The topological polar surface area (TPSA) is 52.8 Å². The van der Waals surface area contributed by atoms with Crippen LogP contribution in [0.4, 0.5) is 5.13 Å². The maximum atomic E-state index is 8.81. The molecule has 2 rings (SSSR count). The lowest BCUT2D eigenvalue weighted by Gasteiger charge is -2.42. The summed E-state index contributed by atoms with van der Waals surface area (Å²) < 4.78 is 4.10. The third kappa shape index (κ3) is 1.38. The monoisotopic (exact) mass is 194 g/mol. The standard InChI is InChI=1S/C8H10N4S/c1-6-10-7(13-11-6)12-4-8(2,3-9)5-12/h4-5H2,1-2H3. The third-order valence-electron chi connectivity index (χ3n) is 2.14. The first-order valence-corrected chi connectivity index (χ1v) is 4.87. The predicted molar refractivity (Wildman–Crippen MR) is 50.6 cm³/mol. The normalized spacial score (nSPS) is 19.3. The van der Waals surface area contributed by atoms with Crippen molar-refractivity contribution < 1.29 is 0 Å². The van der Waals surface area contributed by atoms with E-state index in [1.54, 1.807) is 0 Å². The van der Waals surface area contributed by atoms with Gasteiger partial charge in [-0.25, -0.2) is 4.98 Å². The molecule has 0 atom stereocenters. The molecule has 1 fully saturated rings. The van der Waals surface area contributed by atoms with E-state index < -0.39 is 0 Å². The van der Waals surface area contributed by atoms with Crippen molar-refractivity contribution in [3.8, 4) is 6.07 Å². The maximum absolute atomic E-state index is 8.81. The Morgan fingerprint density at radius 3 is 2.77 bits per heavy atom. The smallest absolute Gasteiger partial charge is 0.205 e. The van der Waals surface area contributed by atoms with Crippen molar-refractivity contribution in [2.75, 3.05) is 18.0 Å². The molecule has 2 heterocycles. The van der Waals surface area contributed by atoms with Crippen LogP contribution in [0.5, 0.6) is 0 Å². The molecule has 0 aliphatic carbocycles. The Morgan fingerprint density at radius 1 is 1.62 bits per heavy atom. The van der Waals surface area contributed by atoms with Gasteiger partial charge in [-0.1, -0.05) is 0 Å². The van der Waals surface area contributed by atoms with Crippen LogP contribution in [0, 0.1) is 23.7 Å². The Labute approximate surface area is 81.0 Å². The van der Waals surface area contributed by atoms with Crippen molar-refractivity contribution >= 4 is 16.7 Å². The van der Waals surface area contributed by atoms with Gasteiger partial charge in [0, 0.05) is 24.6 Å². The molecule has 0 unspecified atom stereocenters. The molecular weight excluding hydrogens is 184 g/mol. The highest BCUT2D eigenvalue weighted by atomic mass is 32.1. The molecule has 68 valence electrons. The van der Waals surface area contributed by atoms with Crippen LogP contribution in [0.2, 0.25) is 0 Å². The molecule has 0 saturated carbocycles. The van der Waals surface area contributed by atoms with E-state index in [9.17, 15) is 0 Å². The lowest BCUT2D eigenvalue weighted by molar-refractivity contribution is 0.336. The summed E-state index contributed by atoms with van der Waals surface area (Å²) in [5, 5.41) is 9.74. The number of aryl methyl sites for hydroxylation is 1. The summed E-state index contributed by atoms with van der Waals surface area (Å²) in [6, 6.07) is 2.30. The molecule has 1 aliphatic heterocycles. The summed E-state index contributed by atoms with van der Waals surface area (Å²) in [5.41, 5.74) is -0.181. The van der Waals surface area contributed by atoms with Gasteiger partial charge in [0.15, 0.2) is 0 Å². The highest BCUT2D eigenvalue weighted by molar-refractivity contribution is 7.09. The van der Waals surface area contributed by atoms with Crippen molar-refractivity contribution in [1.29, 1.82) is 5.26 Å². The molecule has 13 heavy (non-hydrogen) atoms. The largest absolute Gasteiger partial charge is 0.344 e. The van der Waals surface area contributed by atoms with Crippen LogP contribution < -0.4 is 4.90 Å². The van der Waals surface area contributed by atoms with Gasteiger partial charge in [-0.3, -0.25) is 0 Å². The molecule has 1 aliphatic rings. The highest BCUT2D eigenvalue weighted by Crippen LogP contribution is 2.33. The molecular formula is C8H10N4S. The van der Waals surface area contributed by atoms with Gasteiger partial charge in [0.1, 0.15) is 5.82 Å². The lowest BCUT2D eigenvalue weighted by Crippen LogP contribution is -2.54. The van der Waals surface area contributed by atoms with E-state index in [1.807, 2.05) is 13.8 Å². The van der Waals surface area contributed by atoms with Gasteiger partial charge in [-0.05, 0) is 13.8 Å². The van der Waals surface area contributed by atoms with E-state index in [-0.39, 0.29) is 5.41 Å². The van der Waals surface area contributed by atoms with Gasteiger partial charge in [0.2, 0.25) is 5.13 Å². The Hall–Kier alpha value is -1.15. The minimum absolute atomic E-state index is 0.181. The third-order valence-corrected chi connectivity index (χ3v) is 3.01. The SMILES string of the molecule is Cc1nsc(N2CC(C)(C#N)C2)n1. The fourth-order valence-electron chi connectivity index (χ4n) is 1.42. The van der Waals surface area contributed by atoms with Gasteiger partial charge in [-0.15, -0.1) is 0 Å². The van der Waals surface area contributed by atoms with E-state index >= 15 is 0 Å². The minimum Gasteiger partial charge on any atom is -0.344 e. The number of hydrogen-bond donors (Lipinski definition) is 0. The van der Waals surface area contributed by atoms with Crippen molar-refractivity contribution in [2.45, 2.75) is 13.8 Å². The summed E-state index contributed by atoms with van der Waals surface area (Å²) in [6.07, 6.45) is 0. The van der Waals surface area contributed by atoms with Crippen LogP contribution in [0.15, 0.2) is 0 Å². The van der Waals surface area contributed by atoms with Gasteiger partial charge in [-0.2, -0.15) is 9.64 Å². The molecule has 5 heteroatoms. The van der Waals surface area contributed by atoms with Crippen LogP contribution in [-0.2, 0) is 0 Å². The molecule has 0 bridgehead atoms. The first-order chi connectivity index (χ1) is 6.13. The number of nitrogens with zero attached hydrogens (tertiary/aromatic N) is 4. The van der Waals surface area contributed by atoms with Crippen molar-refractivity contribution in [2.24, 2.45) is 5.41 Å². The van der Waals surface area contributed by atoms with E-state index in [0.717, 1.165) is 24.0 Å². The van der Waals surface area contributed by atoms with Crippen molar-refractivity contribution in [3.63, 3.8) is 0 Å². The van der Waals surface area contributed by atoms with Gasteiger partial charge < -0.3 is 4.90 Å². The fraction of sp³-hybridized carbons (Fsp3) is 0.625. The summed E-state index contributed by atoms with van der Waals surface area (Å²) in [5.74, 6) is 0.811. The molecule has 0 spiro atoms. The van der Waals surface area contributed by atoms with Crippen molar-refractivity contribution in [1.82, 2.24) is 9.36 Å². The second-order valence-corrected chi connectivity index (χ2v) is 4.38. The summed E-state index contributed by atoms with van der Waals surface area (Å²) in [4.78, 5) is 6.35. The predicted octanol–water partition coefficient (Wildman–Crippen LogP) is 1.20. The number of aromatic nitrogens is 2. The van der Waals surface area contributed by atoms with Crippen LogP contribution in [0.1, 0.15) is 12.7 Å². The zero-order valence-electron chi connectivity index (χ0n) is 7.61. The second kappa shape index (κ2) is 2.67. The van der Waals surface area contributed by atoms with Crippen LogP contribution in [0.25, 0.3) is 0 Å². The number of anilines is 1. The Kier molecular flexibility index (Phi) is 1.74. The highest BCUT2D eigenvalue weighted by Gasteiger charge is 2.40. The molecule has 0 aromatic carbocycles. The van der Waals surface area contributed by atoms with Gasteiger partial charge in [0.05, 0.1) is 11.5 Å². The van der Waals surface area contributed by atoms with E-state index in [2.05, 4.69) is 20.3 Å². The molecule has 1 saturated heterocycles. The molecule has 0 radical (unpaired) electrons. The Morgan fingerprint density at radius 2 is 2.31 bits per heavy atom. The summed E-state index contributed by atoms with van der Waals surface area (Å²) in [6.45, 7) is 5.40. The van der Waals surface area contributed by atoms with Crippen molar-refractivity contribution in [3.05, 3.63) is 5.82 Å². The van der Waals surface area contributed by atoms with Gasteiger partial charge >= 0.3 is 0 Å². The quantitative estimate of drug-likeness (QED) is 0.674. The number of hydrogen-bond acceptors (Lipinski definition) is 5. The minimum atomic E-state index is -0.181. The van der Waals surface area contributed by atoms with Crippen LogP contribution >= 0.6 is 11.5 Å². The average molecular weight is 194 g/mol. The van der Waals surface area contributed by atoms with E-state index in [0.29, 0.717) is 0 Å². The van der Waals surface area contributed by atoms with Crippen LogP contribution in [0.3, 0.4) is 0 Å². The fourth-order valence-corrected chi connectivity index (χ4v) is 2.09. The van der Waals surface area contributed by atoms with Crippen LogP contribution in [-0.4, -0.2) is 22.4 Å². The molecule has 1 aromatic heterocycles. The van der Waals surface area contributed by atoms with E-state index in [4.69, 9.17) is 5.26 Å². The molecule has 1 aromatic rings.